The van der Waals surface area contributed by atoms with Gasteiger partial charge in [0, 0.05) is 22.4 Å². The van der Waals surface area contributed by atoms with Crippen LogP contribution >= 0.6 is 36.7 Å². The maximum atomic E-state index is 4.50. The standard InChI is InChI=1S/CH5N.Ag.Bi.3BrH/c1-2;;;;;/h2H2,1H3;;;3*1H/q;;+3;;;/p-3. The molecule has 6 heteroatoms. The van der Waals surface area contributed by atoms with Crippen molar-refractivity contribution in [3.8, 4) is 0 Å². The molecule has 0 spiro atoms. The first kappa shape index (κ1) is 16.5. The van der Waals surface area contributed by atoms with Gasteiger partial charge in [0.05, 0.1) is 0 Å². The molecule has 51 valence electrons. The van der Waals surface area contributed by atoms with E-state index in [-0.39, 0.29) is 22.4 Å². The Labute approximate surface area is 84.7 Å². The average Bonchev–Trinajstić information content (AvgIpc) is 1.41. The van der Waals surface area contributed by atoms with Gasteiger partial charge in [0.25, 0.3) is 0 Å². The summed E-state index contributed by atoms with van der Waals surface area (Å²) in [6.07, 6.45) is 0. The first-order valence-corrected chi connectivity index (χ1v) is 23.7. The molecule has 0 amide bonds. The van der Waals surface area contributed by atoms with Crippen LogP contribution in [0, 0.1) is 0 Å². The summed E-state index contributed by atoms with van der Waals surface area (Å²) in [4.78, 5) is 0. The van der Waals surface area contributed by atoms with Gasteiger partial charge in [-0.3, -0.25) is 0 Å². The van der Waals surface area contributed by atoms with Crippen molar-refractivity contribution >= 4 is 51.4 Å². The van der Waals surface area contributed by atoms with E-state index in [0.29, 0.717) is 0 Å². The van der Waals surface area contributed by atoms with E-state index in [4.69, 9.17) is 0 Å². The molecule has 0 aromatic rings. The molecule has 0 bridgehead atoms. The van der Waals surface area contributed by atoms with E-state index in [2.05, 4.69) is 42.4 Å². The molecule has 0 aliphatic heterocycles. The van der Waals surface area contributed by atoms with E-state index in [1.807, 2.05) is 0 Å². The summed E-state index contributed by atoms with van der Waals surface area (Å²) in [6.45, 7) is 0. The summed E-state index contributed by atoms with van der Waals surface area (Å²) in [5, 5.41) is 0. The Morgan fingerprint density at radius 3 is 1.14 bits per heavy atom. The number of halogens is 3. The van der Waals surface area contributed by atoms with Crippen LogP contribution < -0.4 is 5.73 Å². The van der Waals surface area contributed by atoms with Crippen molar-refractivity contribution in [3.63, 3.8) is 0 Å². The molecule has 0 aliphatic rings. The predicted octanol–water partition coefficient (Wildman–Crippen LogP) is 1.73. The van der Waals surface area contributed by atoms with Gasteiger partial charge in [-0.2, -0.15) is 0 Å². The molecule has 0 fully saturated rings. The van der Waals surface area contributed by atoms with Crippen molar-refractivity contribution < 1.29 is 22.4 Å². The maximum absolute atomic E-state index is 4.50. The first-order valence-electron chi connectivity index (χ1n) is 1.08. The molecular weight excluding hydrogens is 583 g/mol. The molecular formula is CH5AgBiBr3N. The SMILES string of the molecule is CN.[Ag].[Br][Bi]([Br])[Br]. The zero-order valence-corrected chi connectivity index (χ0v) is 13.2. The summed E-state index contributed by atoms with van der Waals surface area (Å²) in [5.41, 5.74) is 4.50. The van der Waals surface area contributed by atoms with Crippen molar-refractivity contribution in [1.82, 2.24) is 0 Å². The van der Waals surface area contributed by atoms with Gasteiger partial charge in [-0.25, -0.2) is 0 Å². The number of hydrogen-bond acceptors (Lipinski definition) is 1. The average molecular weight is 588 g/mol. The van der Waals surface area contributed by atoms with Crippen LogP contribution in [-0.4, -0.2) is 21.8 Å². The Kier molecular flexibility index (Phi) is 37.8. The molecule has 0 saturated heterocycles. The topological polar surface area (TPSA) is 26.0 Å². The molecule has 1 nitrogen and oxygen atoms in total. The van der Waals surface area contributed by atoms with Crippen molar-refractivity contribution in [1.29, 1.82) is 0 Å². The molecule has 1 radical (unpaired) electrons. The third kappa shape index (κ3) is 48.7. The van der Waals surface area contributed by atoms with Crippen LogP contribution in [0.4, 0.5) is 0 Å². The Morgan fingerprint density at radius 2 is 1.14 bits per heavy atom. The first-order chi connectivity index (χ1) is 2.73. The summed E-state index contributed by atoms with van der Waals surface area (Å²) < 4.78 is 0. The summed E-state index contributed by atoms with van der Waals surface area (Å²) in [5.74, 6) is 0. The Balaban J connectivity index is -0.0000000480. The Hall–Kier alpha value is 3.02. The molecule has 0 saturated carbocycles. The molecule has 2 N–H and O–H groups in total. The fourth-order valence-corrected chi connectivity index (χ4v) is 0. The fraction of sp³-hybridized carbons (Fsp3) is 1.00. The van der Waals surface area contributed by atoms with E-state index in [9.17, 15) is 0 Å². The predicted molar refractivity (Wildman–Crippen MR) is 42.6 cm³/mol. The normalized spacial score (nSPS) is 6.00. The van der Waals surface area contributed by atoms with Crippen molar-refractivity contribution in [2.45, 2.75) is 0 Å². The van der Waals surface area contributed by atoms with Crippen LogP contribution in [0.25, 0.3) is 0 Å². The van der Waals surface area contributed by atoms with Gasteiger partial charge in [0.2, 0.25) is 0 Å². The monoisotopic (exact) mass is 584 g/mol. The van der Waals surface area contributed by atoms with Gasteiger partial charge in [-0.05, 0) is 7.05 Å². The molecule has 0 heterocycles. The Morgan fingerprint density at radius 1 is 1.14 bits per heavy atom. The van der Waals surface area contributed by atoms with Gasteiger partial charge in [0.1, 0.15) is 0 Å². The van der Waals surface area contributed by atoms with Crippen LogP contribution in [0.15, 0.2) is 0 Å². The van der Waals surface area contributed by atoms with Crippen molar-refractivity contribution in [2.24, 2.45) is 5.73 Å². The van der Waals surface area contributed by atoms with Crippen LogP contribution in [0.2, 0.25) is 0 Å². The quantitative estimate of drug-likeness (QED) is 0.430. The van der Waals surface area contributed by atoms with Gasteiger partial charge >= 0.3 is 51.4 Å². The van der Waals surface area contributed by atoms with Crippen molar-refractivity contribution in [3.05, 3.63) is 0 Å². The summed E-state index contributed by atoms with van der Waals surface area (Å²) in [7, 11) is 1.50. The van der Waals surface area contributed by atoms with E-state index in [1.165, 1.54) is 7.05 Å². The molecule has 0 aromatic carbocycles. The summed E-state index contributed by atoms with van der Waals surface area (Å²) in [6, 6.07) is 0. The van der Waals surface area contributed by atoms with E-state index >= 15 is 0 Å². The van der Waals surface area contributed by atoms with E-state index < -0.39 is 14.7 Å². The number of hydrogen-bond donors (Lipinski definition) is 1. The van der Waals surface area contributed by atoms with Crippen LogP contribution in [0.5, 0.6) is 0 Å². The van der Waals surface area contributed by atoms with Gasteiger partial charge in [-0.1, -0.05) is 0 Å². The zero-order chi connectivity index (χ0) is 5.58. The van der Waals surface area contributed by atoms with Crippen LogP contribution in [0.3, 0.4) is 0 Å². The summed E-state index contributed by atoms with van der Waals surface area (Å²) >= 11 is 8.77. The van der Waals surface area contributed by atoms with Gasteiger partial charge in [0.15, 0.2) is 0 Å². The molecule has 0 aromatic heterocycles. The molecule has 0 rings (SSSR count). The second-order valence-corrected chi connectivity index (χ2v) is 45.4. The van der Waals surface area contributed by atoms with Crippen LogP contribution in [0.1, 0.15) is 0 Å². The minimum absolute atomic E-state index is 0. The molecule has 7 heavy (non-hydrogen) atoms. The number of nitrogens with two attached hydrogens (primary N) is 1. The molecule has 0 atom stereocenters. The molecule has 0 unspecified atom stereocenters. The van der Waals surface area contributed by atoms with Gasteiger partial charge < -0.3 is 5.73 Å². The van der Waals surface area contributed by atoms with E-state index in [1.54, 1.807) is 0 Å². The Bertz CT molecular complexity index is 19.7. The zero-order valence-electron chi connectivity index (χ0n) is 3.46. The third-order valence-corrected chi connectivity index (χ3v) is 0. The van der Waals surface area contributed by atoms with E-state index in [0.717, 1.165) is 0 Å². The second-order valence-electron chi connectivity index (χ2n) is 0.192. The minimum atomic E-state index is -1.16. The third-order valence-electron chi connectivity index (χ3n) is 0. The fourth-order valence-electron chi connectivity index (χ4n) is 0. The van der Waals surface area contributed by atoms with Gasteiger partial charge in [-0.15, -0.1) is 0 Å². The van der Waals surface area contributed by atoms with Crippen LogP contribution in [-0.2, 0) is 22.4 Å². The number of rotatable bonds is 0. The second kappa shape index (κ2) is 16.0. The van der Waals surface area contributed by atoms with Crippen molar-refractivity contribution in [2.75, 3.05) is 7.05 Å². The molecule has 0 aliphatic carbocycles.